The maximum atomic E-state index is 5.61. The molecule has 0 aliphatic carbocycles. The molecule has 98 valence electrons. The van der Waals surface area contributed by atoms with Gasteiger partial charge in [-0.05, 0) is 12.5 Å². The van der Waals surface area contributed by atoms with Crippen molar-refractivity contribution in [1.29, 1.82) is 0 Å². The lowest BCUT2D eigenvalue weighted by molar-refractivity contribution is 0.00924. The van der Waals surface area contributed by atoms with Crippen LogP contribution in [0.4, 0.5) is 0 Å². The molecule has 0 amide bonds. The van der Waals surface area contributed by atoms with E-state index in [9.17, 15) is 0 Å². The summed E-state index contributed by atoms with van der Waals surface area (Å²) in [5, 5.41) is 3.34. The quantitative estimate of drug-likeness (QED) is 0.585. The van der Waals surface area contributed by atoms with Gasteiger partial charge < -0.3 is 14.8 Å². The Morgan fingerprint density at radius 3 is 2.31 bits per heavy atom. The third-order valence-electron chi connectivity index (χ3n) is 2.17. The Morgan fingerprint density at radius 1 is 1.12 bits per heavy atom. The molecule has 0 atom stereocenters. The van der Waals surface area contributed by atoms with Crippen LogP contribution in [0.1, 0.15) is 34.6 Å². The van der Waals surface area contributed by atoms with Gasteiger partial charge in [0.25, 0.3) is 0 Å². The van der Waals surface area contributed by atoms with Gasteiger partial charge in [0.2, 0.25) is 0 Å². The van der Waals surface area contributed by atoms with Crippen LogP contribution in [0.5, 0.6) is 0 Å². The molecule has 0 aromatic carbocycles. The largest absolute Gasteiger partial charge is 0.379 e. The van der Waals surface area contributed by atoms with Crippen molar-refractivity contribution >= 4 is 0 Å². The monoisotopic (exact) mass is 231 g/mol. The van der Waals surface area contributed by atoms with E-state index in [0.29, 0.717) is 19.1 Å². The van der Waals surface area contributed by atoms with Crippen molar-refractivity contribution in [3.05, 3.63) is 0 Å². The van der Waals surface area contributed by atoms with Gasteiger partial charge in [0, 0.05) is 18.6 Å². The van der Waals surface area contributed by atoms with Crippen LogP contribution in [0.25, 0.3) is 0 Å². The highest BCUT2D eigenvalue weighted by Gasteiger charge is 2.16. The summed E-state index contributed by atoms with van der Waals surface area (Å²) in [6, 6.07) is 0. The van der Waals surface area contributed by atoms with Crippen molar-refractivity contribution < 1.29 is 9.47 Å². The van der Waals surface area contributed by atoms with Crippen LogP contribution in [0, 0.1) is 11.3 Å². The van der Waals surface area contributed by atoms with E-state index in [-0.39, 0.29) is 5.41 Å². The van der Waals surface area contributed by atoms with Crippen LogP contribution in [0.2, 0.25) is 0 Å². The highest BCUT2D eigenvalue weighted by atomic mass is 16.5. The lowest BCUT2D eigenvalue weighted by Gasteiger charge is -2.24. The van der Waals surface area contributed by atoms with Crippen LogP contribution in [0.15, 0.2) is 0 Å². The summed E-state index contributed by atoms with van der Waals surface area (Å²) >= 11 is 0. The molecule has 0 unspecified atom stereocenters. The molecular weight excluding hydrogens is 202 g/mol. The van der Waals surface area contributed by atoms with E-state index in [1.807, 2.05) is 0 Å². The molecule has 0 radical (unpaired) electrons. The molecule has 3 nitrogen and oxygen atoms in total. The second-order valence-electron chi connectivity index (χ2n) is 5.47. The van der Waals surface area contributed by atoms with Gasteiger partial charge in [0.1, 0.15) is 0 Å². The molecule has 1 N–H and O–H groups in total. The summed E-state index contributed by atoms with van der Waals surface area (Å²) in [5.41, 5.74) is 0.202. The number of ether oxygens (including phenoxy) is 2. The standard InChI is InChI=1S/C13H29NO2/c1-6-14-10-13(4,5)11-16-8-7-15-9-12(2)3/h12,14H,6-11H2,1-5H3. The van der Waals surface area contributed by atoms with Crippen molar-refractivity contribution in [1.82, 2.24) is 5.32 Å². The minimum absolute atomic E-state index is 0.202. The predicted octanol–water partition coefficient (Wildman–Crippen LogP) is 2.31. The first-order valence-electron chi connectivity index (χ1n) is 6.34. The number of hydrogen-bond donors (Lipinski definition) is 1. The van der Waals surface area contributed by atoms with Gasteiger partial charge in [-0.15, -0.1) is 0 Å². The third kappa shape index (κ3) is 10.4. The van der Waals surface area contributed by atoms with Gasteiger partial charge in [-0.2, -0.15) is 0 Å². The lowest BCUT2D eigenvalue weighted by atomic mass is 9.95. The summed E-state index contributed by atoms with van der Waals surface area (Å²) in [6.07, 6.45) is 0. The Hall–Kier alpha value is -0.120. The van der Waals surface area contributed by atoms with E-state index < -0.39 is 0 Å². The minimum Gasteiger partial charge on any atom is -0.379 e. The zero-order valence-electron chi connectivity index (χ0n) is 11.6. The molecule has 0 saturated heterocycles. The van der Waals surface area contributed by atoms with E-state index in [4.69, 9.17) is 9.47 Å². The first kappa shape index (κ1) is 15.9. The highest BCUT2D eigenvalue weighted by molar-refractivity contribution is 4.70. The molecule has 3 heteroatoms. The van der Waals surface area contributed by atoms with Crippen molar-refractivity contribution in [2.75, 3.05) is 39.5 Å². The van der Waals surface area contributed by atoms with Crippen molar-refractivity contribution in [2.24, 2.45) is 11.3 Å². The van der Waals surface area contributed by atoms with Crippen molar-refractivity contribution in [3.8, 4) is 0 Å². The molecule has 0 saturated carbocycles. The lowest BCUT2D eigenvalue weighted by Crippen LogP contribution is -2.33. The fourth-order valence-electron chi connectivity index (χ4n) is 1.30. The average Bonchev–Trinajstić information content (AvgIpc) is 2.20. The molecule has 0 aromatic heterocycles. The van der Waals surface area contributed by atoms with Gasteiger partial charge in [0.15, 0.2) is 0 Å². The van der Waals surface area contributed by atoms with Gasteiger partial charge in [-0.3, -0.25) is 0 Å². The first-order chi connectivity index (χ1) is 7.48. The van der Waals surface area contributed by atoms with Crippen LogP contribution in [-0.2, 0) is 9.47 Å². The molecule has 0 aromatic rings. The Morgan fingerprint density at radius 2 is 1.75 bits per heavy atom. The van der Waals surface area contributed by atoms with E-state index in [2.05, 4.69) is 39.9 Å². The van der Waals surface area contributed by atoms with Gasteiger partial charge >= 0.3 is 0 Å². The van der Waals surface area contributed by atoms with Crippen LogP contribution in [0.3, 0.4) is 0 Å². The van der Waals surface area contributed by atoms with Crippen LogP contribution < -0.4 is 5.32 Å². The Kier molecular flexibility index (Phi) is 8.90. The molecule has 0 aliphatic heterocycles. The number of nitrogens with one attached hydrogen (secondary N) is 1. The third-order valence-corrected chi connectivity index (χ3v) is 2.17. The first-order valence-corrected chi connectivity index (χ1v) is 6.34. The van der Waals surface area contributed by atoms with Crippen molar-refractivity contribution in [2.45, 2.75) is 34.6 Å². The van der Waals surface area contributed by atoms with E-state index in [1.165, 1.54) is 0 Å². The fraction of sp³-hybridized carbons (Fsp3) is 1.00. The second kappa shape index (κ2) is 8.97. The highest BCUT2D eigenvalue weighted by Crippen LogP contribution is 2.13. The topological polar surface area (TPSA) is 30.5 Å². The molecular formula is C13H29NO2. The smallest absolute Gasteiger partial charge is 0.0700 e. The molecule has 0 rings (SSSR count). The summed E-state index contributed by atoms with van der Waals surface area (Å²) in [4.78, 5) is 0. The molecule has 0 spiro atoms. The molecule has 0 fully saturated rings. The summed E-state index contributed by atoms with van der Waals surface area (Å²) in [5.74, 6) is 0.602. The van der Waals surface area contributed by atoms with E-state index in [1.54, 1.807) is 0 Å². The van der Waals surface area contributed by atoms with Crippen LogP contribution >= 0.6 is 0 Å². The van der Waals surface area contributed by atoms with Gasteiger partial charge in [0.05, 0.1) is 19.8 Å². The number of rotatable bonds is 10. The zero-order chi connectivity index (χ0) is 12.4. The minimum atomic E-state index is 0.202. The molecule has 16 heavy (non-hydrogen) atoms. The number of hydrogen-bond acceptors (Lipinski definition) is 3. The van der Waals surface area contributed by atoms with Gasteiger partial charge in [-0.1, -0.05) is 34.6 Å². The van der Waals surface area contributed by atoms with Gasteiger partial charge in [-0.25, -0.2) is 0 Å². The zero-order valence-corrected chi connectivity index (χ0v) is 11.6. The average molecular weight is 231 g/mol. The maximum Gasteiger partial charge on any atom is 0.0700 e. The normalized spacial score (nSPS) is 12.4. The van der Waals surface area contributed by atoms with E-state index >= 15 is 0 Å². The Bertz CT molecular complexity index is 158. The Balaban J connectivity index is 3.35. The van der Waals surface area contributed by atoms with E-state index in [0.717, 1.165) is 26.3 Å². The maximum absolute atomic E-state index is 5.61. The molecule has 0 aliphatic rings. The predicted molar refractivity (Wildman–Crippen MR) is 68.8 cm³/mol. The van der Waals surface area contributed by atoms with Crippen molar-refractivity contribution in [3.63, 3.8) is 0 Å². The summed E-state index contributed by atoms with van der Waals surface area (Å²) in [7, 11) is 0. The fourth-order valence-corrected chi connectivity index (χ4v) is 1.30. The SMILES string of the molecule is CCNCC(C)(C)COCCOCC(C)C. The summed E-state index contributed by atoms with van der Waals surface area (Å²) < 4.78 is 11.1. The molecule has 0 bridgehead atoms. The summed E-state index contributed by atoms with van der Waals surface area (Å²) in [6.45, 7) is 15.9. The van der Waals surface area contributed by atoms with Crippen LogP contribution in [-0.4, -0.2) is 39.5 Å². The Labute approximate surface area is 101 Å². The molecule has 0 heterocycles. The second-order valence-corrected chi connectivity index (χ2v) is 5.47.